The molecule has 0 aliphatic heterocycles. The first kappa shape index (κ1) is 10.3. The van der Waals surface area contributed by atoms with E-state index in [1.807, 2.05) is 25.3 Å². The first-order chi connectivity index (χ1) is 7.25. The smallest absolute Gasteiger partial charge is 0.0972 e. The summed E-state index contributed by atoms with van der Waals surface area (Å²) in [5.41, 5.74) is 7.01. The van der Waals surface area contributed by atoms with Gasteiger partial charge in [-0.1, -0.05) is 0 Å². The molecule has 1 unspecified atom stereocenters. The van der Waals surface area contributed by atoms with E-state index in [2.05, 4.69) is 9.97 Å². The highest BCUT2D eigenvalue weighted by Gasteiger charge is 2.05. The first-order valence-electron chi connectivity index (χ1n) is 4.85. The summed E-state index contributed by atoms with van der Waals surface area (Å²) in [4.78, 5) is 9.47. The molecule has 2 aromatic heterocycles. The monoisotopic (exact) mass is 219 g/mol. The fraction of sp³-hybridized carbons (Fsp3) is 0.273. The Hall–Kier alpha value is -1.26. The first-order valence-corrected chi connectivity index (χ1v) is 5.66. The molecule has 0 radical (unpaired) electrons. The van der Waals surface area contributed by atoms with Gasteiger partial charge < -0.3 is 5.73 Å². The molecule has 0 saturated heterocycles. The van der Waals surface area contributed by atoms with Gasteiger partial charge in [-0.15, -0.1) is 11.3 Å². The summed E-state index contributed by atoms with van der Waals surface area (Å²) in [5.74, 6) is 0. The van der Waals surface area contributed by atoms with E-state index in [0.29, 0.717) is 0 Å². The van der Waals surface area contributed by atoms with E-state index in [9.17, 15) is 0 Å². The largest absolute Gasteiger partial charge is 0.323 e. The Bertz CT molecular complexity index is 422. The standard InChI is InChI=1S/C11H13N3S/c1-8(12)10-7-14-11(15-10)6-9-2-4-13-5-3-9/h2-5,7-8H,6,12H2,1H3. The lowest BCUT2D eigenvalue weighted by molar-refractivity contribution is 0.835. The third-order valence-corrected chi connectivity index (χ3v) is 3.32. The average Bonchev–Trinajstić information content (AvgIpc) is 2.68. The number of pyridine rings is 1. The van der Waals surface area contributed by atoms with Gasteiger partial charge in [0.15, 0.2) is 0 Å². The molecule has 0 aliphatic rings. The minimum Gasteiger partial charge on any atom is -0.323 e. The van der Waals surface area contributed by atoms with Gasteiger partial charge in [-0.2, -0.15) is 0 Å². The Morgan fingerprint density at radius 2 is 2.13 bits per heavy atom. The maximum absolute atomic E-state index is 5.78. The molecule has 0 aromatic carbocycles. The predicted octanol–water partition coefficient (Wildman–Crippen LogP) is 2.15. The summed E-state index contributed by atoms with van der Waals surface area (Å²) >= 11 is 1.68. The second-order valence-corrected chi connectivity index (χ2v) is 4.62. The minimum absolute atomic E-state index is 0.0775. The van der Waals surface area contributed by atoms with Crippen molar-refractivity contribution in [3.05, 3.63) is 46.2 Å². The van der Waals surface area contributed by atoms with Crippen LogP contribution in [0.15, 0.2) is 30.7 Å². The molecule has 0 saturated carbocycles. The molecular formula is C11H13N3S. The number of thiazole rings is 1. The van der Waals surface area contributed by atoms with Gasteiger partial charge >= 0.3 is 0 Å². The summed E-state index contributed by atoms with van der Waals surface area (Å²) in [7, 11) is 0. The average molecular weight is 219 g/mol. The second kappa shape index (κ2) is 4.51. The van der Waals surface area contributed by atoms with E-state index < -0.39 is 0 Å². The Morgan fingerprint density at radius 1 is 1.40 bits per heavy atom. The van der Waals surface area contributed by atoms with E-state index in [1.165, 1.54) is 5.56 Å². The molecule has 1 atom stereocenters. The van der Waals surface area contributed by atoms with E-state index in [4.69, 9.17) is 5.73 Å². The number of aromatic nitrogens is 2. The van der Waals surface area contributed by atoms with Crippen molar-refractivity contribution in [3.8, 4) is 0 Å². The summed E-state index contributed by atoms with van der Waals surface area (Å²) in [5, 5.41) is 1.11. The molecule has 4 heteroatoms. The van der Waals surface area contributed by atoms with Crippen LogP contribution in [-0.2, 0) is 6.42 Å². The van der Waals surface area contributed by atoms with Crippen LogP contribution in [0.4, 0.5) is 0 Å². The van der Waals surface area contributed by atoms with Crippen LogP contribution >= 0.6 is 11.3 Å². The second-order valence-electron chi connectivity index (χ2n) is 3.48. The van der Waals surface area contributed by atoms with Crippen molar-refractivity contribution in [2.24, 2.45) is 5.73 Å². The zero-order chi connectivity index (χ0) is 10.7. The van der Waals surface area contributed by atoms with E-state index >= 15 is 0 Å². The number of nitrogens with two attached hydrogens (primary N) is 1. The lowest BCUT2D eigenvalue weighted by Crippen LogP contribution is -2.01. The minimum atomic E-state index is 0.0775. The normalized spacial score (nSPS) is 12.7. The van der Waals surface area contributed by atoms with Gasteiger partial charge in [-0.25, -0.2) is 4.98 Å². The summed E-state index contributed by atoms with van der Waals surface area (Å²) < 4.78 is 0. The molecule has 15 heavy (non-hydrogen) atoms. The van der Waals surface area contributed by atoms with Crippen LogP contribution in [0.3, 0.4) is 0 Å². The van der Waals surface area contributed by atoms with Gasteiger partial charge in [0.1, 0.15) is 0 Å². The zero-order valence-corrected chi connectivity index (χ0v) is 9.37. The molecule has 2 N–H and O–H groups in total. The highest BCUT2D eigenvalue weighted by molar-refractivity contribution is 7.11. The van der Waals surface area contributed by atoms with Crippen LogP contribution in [0.5, 0.6) is 0 Å². The van der Waals surface area contributed by atoms with Gasteiger partial charge in [0.25, 0.3) is 0 Å². The molecule has 0 bridgehead atoms. The lowest BCUT2D eigenvalue weighted by atomic mass is 10.2. The van der Waals surface area contributed by atoms with E-state index in [-0.39, 0.29) is 6.04 Å². The predicted molar refractivity (Wildman–Crippen MR) is 61.8 cm³/mol. The fourth-order valence-electron chi connectivity index (χ4n) is 1.29. The number of rotatable bonds is 3. The van der Waals surface area contributed by atoms with Crippen molar-refractivity contribution >= 4 is 11.3 Å². The van der Waals surface area contributed by atoms with Crippen LogP contribution in [0, 0.1) is 0 Å². The van der Waals surface area contributed by atoms with E-state index in [0.717, 1.165) is 16.3 Å². The molecule has 0 aliphatic carbocycles. The molecule has 0 spiro atoms. The Labute approximate surface area is 93.0 Å². The number of hydrogen-bond donors (Lipinski definition) is 1. The van der Waals surface area contributed by atoms with Crippen molar-refractivity contribution in [3.63, 3.8) is 0 Å². The molecule has 0 amide bonds. The van der Waals surface area contributed by atoms with Crippen LogP contribution in [-0.4, -0.2) is 9.97 Å². The zero-order valence-electron chi connectivity index (χ0n) is 8.55. The number of nitrogens with zero attached hydrogens (tertiary/aromatic N) is 2. The van der Waals surface area contributed by atoms with Crippen molar-refractivity contribution in [1.29, 1.82) is 0 Å². The Kier molecular flexibility index (Phi) is 3.08. The van der Waals surface area contributed by atoms with Crippen molar-refractivity contribution in [2.75, 3.05) is 0 Å². The van der Waals surface area contributed by atoms with Crippen molar-refractivity contribution in [1.82, 2.24) is 9.97 Å². The molecule has 2 heterocycles. The molecule has 0 fully saturated rings. The fourth-order valence-corrected chi connectivity index (χ4v) is 2.20. The lowest BCUT2D eigenvalue weighted by Gasteiger charge is -1.98. The topological polar surface area (TPSA) is 51.8 Å². The van der Waals surface area contributed by atoms with Crippen LogP contribution in [0.2, 0.25) is 0 Å². The van der Waals surface area contributed by atoms with Gasteiger partial charge in [0, 0.05) is 35.9 Å². The third-order valence-electron chi connectivity index (χ3n) is 2.12. The summed E-state index contributed by atoms with van der Waals surface area (Å²) in [6.45, 7) is 1.98. The summed E-state index contributed by atoms with van der Waals surface area (Å²) in [6.07, 6.45) is 6.33. The van der Waals surface area contributed by atoms with Gasteiger partial charge in [-0.05, 0) is 24.6 Å². The van der Waals surface area contributed by atoms with Crippen molar-refractivity contribution < 1.29 is 0 Å². The highest BCUT2D eigenvalue weighted by Crippen LogP contribution is 2.20. The maximum atomic E-state index is 5.78. The highest BCUT2D eigenvalue weighted by atomic mass is 32.1. The van der Waals surface area contributed by atoms with Gasteiger partial charge in [0.05, 0.1) is 5.01 Å². The SMILES string of the molecule is CC(N)c1cnc(Cc2ccncc2)s1. The van der Waals surface area contributed by atoms with Crippen LogP contribution < -0.4 is 5.73 Å². The summed E-state index contributed by atoms with van der Waals surface area (Å²) in [6, 6.07) is 4.09. The molecule has 2 aromatic rings. The van der Waals surface area contributed by atoms with Gasteiger partial charge in [-0.3, -0.25) is 4.98 Å². The quantitative estimate of drug-likeness (QED) is 0.860. The van der Waals surface area contributed by atoms with E-state index in [1.54, 1.807) is 23.7 Å². The Balaban J connectivity index is 2.12. The molecular weight excluding hydrogens is 206 g/mol. The number of hydrogen-bond acceptors (Lipinski definition) is 4. The van der Waals surface area contributed by atoms with Crippen LogP contribution in [0.1, 0.15) is 28.4 Å². The van der Waals surface area contributed by atoms with Crippen molar-refractivity contribution in [2.45, 2.75) is 19.4 Å². The van der Waals surface area contributed by atoms with Gasteiger partial charge in [0.2, 0.25) is 0 Å². The molecule has 3 nitrogen and oxygen atoms in total. The molecule has 2 rings (SSSR count). The molecule has 78 valence electrons. The Morgan fingerprint density at radius 3 is 2.73 bits per heavy atom. The third kappa shape index (κ3) is 2.61. The maximum Gasteiger partial charge on any atom is 0.0972 e. The van der Waals surface area contributed by atoms with Crippen LogP contribution in [0.25, 0.3) is 0 Å².